The van der Waals surface area contributed by atoms with E-state index >= 15 is 0 Å². The number of carbonyl (C=O) groups is 1. The molecule has 0 bridgehead atoms. The smallest absolute Gasteiger partial charge is 0.236 e. The number of hydrogen-bond donors (Lipinski definition) is 2. The zero-order valence-electron chi connectivity index (χ0n) is 17.8. The fourth-order valence-electron chi connectivity index (χ4n) is 5.62. The van der Waals surface area contributed by atoms with E-state index in [0.717, 1.165) is 81.5 Å². The lowest BCUT2D eigenvalue weighted by Gasteiger charge is -2.26. The van der Waals surface area contributed by atoms with E-state index in [9.17, 15) is 4.79 Å². The average molecular weight is 440 g/mol. The van der Waals surface area contributed by atoms with Gasteiger partial charge in [-0.3, -0.25) is 9.69 Å². The van der Waals surface area contributed by atoms with Gasteiger partial charge in [-0.2, -0.15) is 0 Å². The van der Waals surface area contributed by atoms with Crippen LogP contribution in [0.4, 0.5) is 5.69 Å². The Balaban J connectivity index is 1.27. The van der Waals surface area contributed by atoms with Crippen LogP contribution in [-0.2, 0) is 20.4 Å². The van der Waals surface area contributed by atoms with Crippen LogP contribution < -0.4 is 10.6 Å². The summed E-state index contributed by atoms with van der Waals surface area (Å²) in [6, 6.07) is 16.2. The van der Waals surface area contributed by atoms with E-state index in [1.165, 1.54) is 5.56 Å². The molecule has 5 nitrogen and oxygen atoms in total. The summed E-state index contributed by atoms with van der Waals surface area (Å²) in [6.45, 7) is 6.77. The van der Waals surface area contributed by atoms with Gasteiger partial charge in [0.2, 0.25) is 5.91 Å². The highest BCUT2D eigenvalue weighted by molar-refractivity contribution is 6.30. The lowest BCUT2D eigenvalue weighted by atomic mass is 9.80. The predicted molar refractivity (Wildman–Crippen MR) is 124 cm³/mol. The Morgan fingerprint density at radius 3 is 2.65 bits per heavy atom. The number of rotatable bonds is 8. The first-order valence-electron chi connectivity index (χ1n) is 11.3. The number of para-hydroxylation sites is 1. The third-order valence-electron chi connectivity index (χ3n) is 7.34. The number of nitrogens with zero attached hydrogens (tertiary/aromatic N) is 1. The monoisotopic (exact) mass is 439 g/mol. The van der Waals surface area contributed by atoms with Crippen molar-refractivity contribution in [2.45, 2.75) is 30.1 Å². The number of nitrogens with one attached hydrogen (secondary N) is 2. The Labute approximate surface area is 189 Å². The Morgan fingerprint density at radius 2 is 1.84 bits per heavy atom. The highest BCUT2D eigenvalue weighted by atomic mass is 35.5. The van der Waals surface area contributed by atoms with E-state index in [2.05, 4.69) is 33.7 Å². The Bertz CT molecular complexity index is 944. The maximum atomic E-state index is 13.2. The number of benzene rings is 2. The van der Waals surface area contributed by atoms with Gasteiger partial charge in [-0.15, -0.1) is 0 Å². The summed E-state index contributed by atoms with van der Waals surface area (Å²) in [4.78, 5) is 15.7. The summed E-state index contributed by atoms with van der Waals surface area (Å²) in [7, 11) is 0. The second kappa shape index (κ2) is 8.55. The SMILES string of the molecule is O=C1Nc2ccccc2[C@]12C[C@]2(CCNCCCN1CCOCC1)c1ccc(Cl)cc1. The Morgan fingerprint density at radius 1 is 1.06 bits per heavy atom. The van der Waals surface area contributed by atoms with Gasteiger partial charge in [-0.25, -0.2) is 0 Å². The number of morpholine rings is 1. The number of anilines is 1. The zero-order chi connectivity index (χ0) is 21.3. The second-order valence-corrected chi connectivity index (χ2v) is 9.41. The molecule has 164 valence electrons. The van der Waals surface area contributed by atoms with E-state index in [1.54, 1.807) is 0 Å². The molecule has 1 saturated carbocycles. The summed E-state index contributed by atoms with van der Waals surface area (Å²) < 4.78 is 5.42. The fraction of sp³-hybridized carbons (Fsp3) is 0.480. The van der Waals surface area contributed by atoms with Crippen molar-refractivity contribution in [1.29, 1.82) is 0 Å². The molecule has 1 saturated heterocycles. The van der Waals surface area contributed by atoms with Crippen LogP contribution in [0.1, 0.15) is 30.4 Å². The first kappa shape index (κ1) is 21.0. The molecule has 2 atom stereocenters. The van der Waals surface area contributed by atoms with Gasteiger partial charge >= 0.3 is 0 Å². The molecule has 0 unspecified atom stereocenters. The first-order chi connectivity index (χ1) is 15.2. The van der Waals surface area contributed by atoms with Gasteiger partial charge in [0.15, 0.2) is 0 Å². The quantitative estimate of drug-likeness (QED) is 0.617. The van der Waals surface area contributed by atoms with Crippen molar-refractivity contribution in [3.63, 3.8) is 0 Å². The van der Waals surface area contributed by atoms with Crippen LogP contribution in [0.5, 0.6) is 0 Å². The van der Waals surface area contributed by atoms with Gasteiger partial charge < -0.3 is 15.4 Å². The van der Waals surface area contributed by atoms with E-state index in [0.29, 0.717) is 0 Å². The normalized spacial score (nSPS) is 27.3. The number of hydrogen-bond acceptors (Lipinski definition) is 4. The van der Waals surface area contributed by atoms with Crippen LogP contribution in [0.15, 0.2) is 48.5 Å². The van der Waals surface area contributed by atoms with E-state index in [1.807, 2.05) is 30.3 Å². The van der Waals surface area contributed by atoms with Gasteiger partial charge in [0.05, 0.1) is 18.6 Å². The Hall–Kier alpha value is -1.92. The standard InChI is InChI=1S/C25H30ClN3O2/c26-20-8-6-19(7-9-20)24(10-12-27-11-3-13-29-14-16-31-17-15-29)18-25(24)21-4-1-2-5-22(21)28-23(25)30/h1-2,4-9,27H,3,10-18H2,(H,28,30)/t24-,25-/m1/s1. The summed E-state index contributed by atoms with van der Waals surface area (Å²) in [5, 5.41) is 7.49. The molecule has 2 aliphatic heterocycles. The molecule has 0 aromatic heterocycles. The highest BCUT2D eigenvalue weighted by Crippen LogP contribution is 2.70. The van der Waals surface area contributed by atoms with Crippen LogP contribution in [0.25, 0.3) is 0 Å². The minimum Gasteiger partial charge on any atom is -0.379 e. The molecule has 3 aliphatic rings. The summed E-state index contributed by atoms with van der Waals surface area (Å²) in [5.74, 6) is 0.135. The van der Waals surface area contributed by atoms with E-state index < -0.39 is 5.41 Å². The highest BCUT2D eigenvalue weighted by Gasteiger charge is 2.74. The van der Waals surface area contributed by atoms with Crippen molar-refractivity contribution < 1.29 is 9.53 Å². The van der Waals surface area contributed by atoms with Crippen molar-refractivity contribution >= 4 is 23.2 Å². The summed E-state index contributed by atoms with van der Waals surface area (Å²) in [6.07, 6.45) is 2.90. The second-order valence-electron chi connectivity index (χ2n) is 8.98. The van der Waals surface area contributed by atoms with Crippen molar-refractivity contribution in [1.82, 2.24) is 10.2 Å². The third kappa shape index (κ3) is 3.68. The molecule has 6 heteroatoms. The largest absolute Gasteiger partial charge is 0.379 e. The van der Waals surface area contributed by atoms with Gasteiger partial charge in [0.25, 0.3) is 0 Å². The fourth-order valence-corrected chi connectivity index (χ4v) is 5.74. The summed E-state index contributed by atoms with van der Waals surface area (Å²) in [5.41, 5.74) is 2.65. The van der Waals surface area contributed by atoms with Gasteiger partial charge in [-0.05, 0) is 68.2 Å². The van der Waals surface area contributed by atoms with Crippen molar-refractivity contribution in [2.24, 2.45) is 0 Å². The number of halogens is 1. The van der Waals surface area contributed by atoms with E-state index in [4.69, 9.17) is 16.3 Å². The topological polar surface area (TPSA) is 53.6 Å². The number of fused-ring (bicyclic) bond motifs is 2. The molecule has 1 aliphatic carbocycles. The lowest BCUT2D eigenvalue weighted by molar-refractivity contribution is -0.118. The van der Waals surface area contributed by atoms with Crippen molar-refractivity contribution in [3.8, 4) is 0 Å². The van der Waals surface area contributed by atoms with Gasteiger partial charge in [-0.1, -0.05) is 41.9 Å². The van der Waals surface area contributed by atoms with E-state index in [-0.39, 0.29) is 11.3 Å². The van der Waals surface area contributed by atoms with Crippen molar-refractivity contribution in [3.05, 3.63) is 64.7 Å². The molecule has 31 heavy (non-hydrogen) atoms. The zero-order valence-corrected chi connectivity index (χ0v) is 18.6. The number of ether oxygens (including phenoxy) is 1. The minimum absolute atomic E-state index is 0.135. The van der Waals surface area contributed by atoms with Gasteiger partial charge in [0.1, 0.15) is 0 Å². The molecule has 2 N–H and O–H groups in total. The van der Waals surface area contributed by atoms with Crippen LogP contribution >= 0.6 is 11.6 Å². The molecule has 1 amide bonds. The minimum atomic E-state index is -0.465. The average Bonchev–Trinajstić information content (AvgIpc) is 3.40. The molecule has 2 aromatic rings. The maximum absolute atomic E-state index is 13.2. The Kier molecular flexibility index (Phi) is 5.78. The van der Waals surface area contributed by atoms with Crippen molar-refractivity contribution in [2.75, 3.05) is 51.3 Å². The number of amides is 1. The van der Waals surface area contributed by atoms with Crippen LogP contribution in [0, 0.1) is 0 Å². The van der Waals surface area contributed by atoms with Gasteiger partial charge in [0, 0.05) is 29.2 Å². The molecular formula is C25H30ClN3O2. The predicted octanol–water partition coefficient (Wildman–Crippen LogP) is 3.57. The lowest BCUT2D eigenvalue weighted by Crippen LogP contribution is -2.38. The molecule has 1 spiro atoms. The van der Waals surface area contributed by atoms with Crippen LogP contribution in [0.2, 0.25) is 5.02 Å². The number of carbonyl (C=O) groups excluding carboxylic acids is 1. The molecule has 2 fully saturated rings. The molecule has 5 rings (SSSR count). The summed E-state index contributed by atoms with van der Waals surface area (Å²) >= 11 is 6.17. The molecule has 2 aromatic carbocycles. The molecule has 2 heterocycles. The maximum Gasteiger partial charge on any atom is 0.236 e. The molecular weight excluding hydrogens is 410 g/mol. The first-order valence-corrected chi connectivity index (χ1v) is 11.7. The molecule has 0 radical (unpaired) electrons. The third-order valence-corrected chi connectivity index (χ3v) is 7.59. The van der Waals surface area contributed by atoms with Crippen LogP contribution in [-0.4, -0.2) is 56.7 Å². The van der Waals surface area contributed by atoms with Crippen LogP contribution in [0.3, 0.4) is 0 Å².